The minimum atomic E-state index is -0.0771. The fraction of sp³-hybridized carbons (Fsp3) is 0.933. The van der Waals surface area contributed by atoms with E-state index in [1.165, 1.54) is 0 Å². The first-order valence-corrected chi connectivity index (χ1v) is 7.77. The van der Waals surface area contributed by atoms with E-state index in [0.29, 0.717) is 19.2 Å². The Morgan fingerprint density at radius 1 is 1.05 bits per heavy atom. The number of rotatable bonds is 11. The molecule has 120 valence electrons. The molecule has 0 spiro atoms. The minimum Gasteiger partial charge on any atom is -0.379 e. The second kappa shape index (κ2) is 12.0. The molecular weight excluding hydrogens is 254 g/mol. The normalized spacial score (nSPS) is 11.4. The third-order valence-electron chi connectivity index (χ3n) is 3.16. The van der Waals surface area contributed by atoms with Gasteiger partial charge >= 0.3 is 6.03 Å². The van der Waals surface area contributed by atoms with Crippen LogP contribution in [0.1, 0.15) is 47.0 Å². The molecule has 0 saturated heterocycles. The number of hydrogen-bond acceptors (Lipinski definition) is 3. The van der Waals surface area contributed by atoms with Gasteiger partial charge in [-0.15, -0.1) is 0 Å². The number of nitrogens with one attached hydrogen (secondary N) is 2. The van der Waals surface area contributed by atoms with Gasteiger partial charge in [0, 0.05) is 25.7 Å². The highest BCUT2D eigenvalue weighted by Gasteiger charge is 2.03. The summed E-state index contributed by atoms with van der Waals surface area (Å²) >= 11 is 0. The molecule has 0 aromatic rings. The molecule has 2 amide bonds. The molecule has 0 rings (SSSR count). The molecule has 0 atom stereocenters. The predicted molar refractivity (Wildman–Crippen MR) is 84.1 cm³/mol. The van der Waals surface area contributed by atoms with E-state index in [4.69, 9.17) is 4.74 Å². The number of nitrogens with zero attached hydrogens (tertiary/aromatic N) is 1. The maximum absolute atomic E-state index is 11.5. The SMILES string of the molecule is CC(C)OCCCNC(=O)NCCCCN(C)C(C)C. The molecule has 0 saturated carbocycles. The minimum absolute atomic E-state index is 0.0771. The standard InChI is InChI=1S/C15H33N3O2/c1-13(2)18(5)11-7-6-9-16-15(19)17-10-8-12-20-14(3)4/h13-14H,6-12H2,1-5H3,(H2,16,17,19). The van der Waals surface area contributed by atoms with Gasteiger partial charge in [-0.25, -0.2) is 4.79 Å². The predicted octanol–water partition coefficient (Wildman–Crippen LogP) is 2.22. The molecule has 0 aliphatic heterocycles. The summed E-state index contributed by atoms with van der Waals surface area (Å²) in [5.74, 6) is 0. The molecule has 0 radical (unpaired) electrons. The maximum atomic E-state index is 11.5. The lowest BCUT2D eigenvalue weighted by Crippen LogP contribution is -2.37. The van der Waals surface area contributed by atoms with Crippen LogP contribution in [0.15, 0.2) is 0 Å². The summed E-state index contributed by atoms with van der Waals surface area (Å²) in [5.41, 5.74) is 0. The first kappa shape index (κ1) is 19.2. The topological polar surface area (TPSA) is 53.6 Å². The molecule has 0 aliphatic carbocycles. The van der Waals surface area contributed by atoms with Gasteiger partial charge in [0.05, 0.1) is 6.10 Å². The van der Waals surface area contributed by atoms with Crippen molar-refractivity contribution in [3.05, 3.63) is 0 Å². The van der Waals surface area contributed by atoms with E-state index in [9.17, 15) is 4.79 Å². The van der Waals surface area contributed by atoms with Crippen molar-refractivity contribution in [2.24, 2.45) is 0 Å². The Hall–Kier alpha value is -0.810. The number of unbranched alkanes of at least 4 members (excludes halogenated alkanes) is 1. The van der Waals surface area contributed by atoms with Gasteiger partial charge in [-0.1, -0.05) is 0 Å². The van der Waals surface area contributed by atoms with Gasteiger partial charge < -0.3 is 20.3 Å². The third-order valence-corrected chi connectivity index (χ3v) is 3.16. The van der Waals surface area contributed by atoms with Gasteiger partial charge in [0.15, 0.2) is 0 Å². The zero-order valence-electron chi connectivity index (χ0n) is 13.9. The zero-order valence-corrected chi connectivity index (χ0v) is 13.9. The van der Waals surface area contributed by atoms with E-state index in [1.807, 2.05) is 13.8 Å². The van der Waals surface area contributed by atoms with Gasteiger partial charge in [0.25, 0.3) is 0 Å². The number of amides is 2. The summed E-state index contributed by atoms with van der Waals surface area (Å²) in [6.07, 6.45) is 3.23. The van der Waals surface area contributed by atoms with Crippen LogP contribution in [0.2, 0.25) is 0 Å². The van der Waals surface area contributed by atoms with E-state index in [-0.39, 0.29) is 12.1 Å². The average molecular weight is 287 g/mol. The maximum Gasteiger partial charge on any atom is 0.314 e. The van der Waals surface area contributed by atoms with Crippen molar-refractivity contribution in [2.75, 3.05) is 33.3 Å². The molecule has 2 N–H and O–H groups in total. The Morgan fingerprint density at radius 2 is 1.65 bits per heavy atom. The quantitative estimate of drug-likeness (QED) is 0.573. The largest absolute Gasteiger partial charge is 0.379 e. The Labute approximate surface area is 124 Å². The zero-order chi connectivity index (χ0) is 15.4. The molecule has 0 unspecified atom stereocenters. The van der Waals surface area contributed by atoms with E-state index in [1.54, 1.807) is 0 Å². The lowest BCUT2D eigenvalue weighted by molar-refractivity contribution is 0.0774. The van der Waals surface area contributed by atoms with Crippen molar-refractivity contribution in [3.8, 4) is 0 Å². The molecule has 0 fully saturated rings. The summed E-state index contributed by atoms with van der Waals surface area (Å²) in [4.78, 5) is 13.8. The van der Waals surface area contributed by atoms with Crippen molar-refractivity contribution in [1.82, 2.24) is 15.5 Å². The number of hydrogen-bond donors (Lipinski definition) is 2. The molecule has 0 heterocycles. The molecule has 5 heteroatoms. The van der Waals surface area contributed by atoms with Crippen LogP contribution in [0.3, 0.4) is 0 Å². The molecule has 0 aliphatic rings. The lowest BCUT2D eigenvalue weighted by atomic mass is 10.2. The molecular formula is C15H33N3O2. The van der Waals surface area contributed by atoms with E-state index in [0.717, 1.165) is 32.4 Å². The van der Waals surface area contributed by atoms with Crippen LogP contribution in [0.5, 0.6) is 0 Å². The van der Waals surface area contributed by atoms with E-state index in [2.05, 4.69) is 36.4 Å². The van der Waals surface area contributed by atoms with Gasteiger partial charge in [-0.2, -0.15) is 0 Å². The second-order valence-corrected chi connectivity index (χ2v) is 5.74. The molecule has 20 heavy (non-hydrogen) atoms. The first-order chi connectivity index (χ1) is 9.43. The van der Waals surface area contributed by atoms with Crippen molar-refractivity contribution < 1.29 is 9.53 Å². The highest BCUT2D eigenvalue weighted by molar-refractivity contribution is 5.73. The van der Waals surface area contributed by atoms with Gasteiger partial charge in [-0.3, -0.25) is 0 Å². The Morgan fingerprint density at radius 3 is 2.20 bits per heavy atom. The molecule has 0 bridgehead atoms. The van der Waals surface area contributed by atoms with Crippen LogP contribution in [0, 0.1) is 0 Å². The summed E-state index contributed by atoms with van der Waals surface area (Å²) in [6, 6.07) is 0.506. The average Bonchev–Trinajstić information content (AvgIpc) is 2.37. The van der Waals surface area contributed by atoms with Crippen LogP contribution in [0.4, 0.5) is 4.79 Å². The summed E-state index contributed by atoms with van der Waals surface area (Å²) in [6.45, 7) is 11.6. The number of carbonyl (C=O) groups excluding carboxylic acids is 1. The van der Waals surface area contributed by atoms with Crippen LogP contribution >= 0.6 is 0 Å². The summed E-state index contributed by atoms with van der Waals surface area (Å²) < 4.78 is 5.40. The van der Waals surface area contributed by atoms with Crippen molar-refractivity contribution in [3.63, 3.8) is 0 Å². The van der Waals surface area contributed by atoms with Crippen LogP contribution in [-0.4, -0.2) is 56.4 Å². The smallest absolute Gasteiger partial charge is 0.314 e. The van der Waals surface area contributed by atoms with E-state index < -0.39 is 0 Å². The van der Waals surface area contributed by atoms with Gasteiger partial charge in [-0.05, 0) is 60.5 Å². The number of ether oxygens (including phenoxy) is 1. The highest BCUT2D eigenvalue weighted by atomic mass is 16.5. The first-order valence-electron chi connectivity index (χ1n) is 7.77. The van der Waals surface area contributed by atoms with E-state index >= 15 is 0 Å². The van der Waals surface area contributed by atoms with Crippen LogP contribution in [0.25, 0.3) is 0 Å². The van der Waals surface area contributed by atoms with Crippen molar-refractivity contribution in [1.29, 1.82) is 0 Å². The monoisotopic (exact) mass is 287 g/mol. The summed E-state index contributed by atoms with van der Waals surface area (Å²) in [5, 5.41) is 5.71. The van der Waals surface area contributed by atoms with Crippen molar-refractivity contribution >= 4 is 6.03 Å². The van der Waals surface area contributed by atoms with Crippen LogP contribution < -0.4 is 10.6 Å². The lowest BCUT2D eigenvalue weighted by Gasteiger charge is -2.20. The fourth-order valence-corrected chi connectivity index (χ4v) is 1.60. The van der Waals surface area contributed by atoms with Crippen LogP contribution in [-0.2, 0) is 4.74 Å². The van der Waals surface area contributed by atoms with Crippen molar-refractivity contribution in [2.45, 2.75) is 59.1 Å². The third kappa shape index (κ3) is 12.2. The number of urea groups is 1. The molecule has 0 aromatic carbocycles. The Balaban J connectivity index is 3.33. The second-order valence-electron chi connectivity index (χ2n) is 5.74. The van der Waals surface area contributed by atoms with Gasteiger partial charge in [0.2, 0.25) is 0 Å². The Kier molecular flexibility index (Phi) is 11.5. The van der Waals surface area contributed by atoms with Gasteiger partial charge in [0.1, 0.15) is 0 Å². The highest BCUT2D eigenvalue weighted by Crippen LogP contribution is 1.97. The molecule has 0 aromatic heterocycles. The molecule has 5 nitrogen and oxygen atoms in total. The summed E-state index contributed by atoms with van der Waals surface area (Å²) in [7, 11) is 2.13. The fourth-order valence-electron chi connectivity index (χ4n) is 1.60. The number of carbonyl (C=O) groups is 1. The Bertz CT molecular complexity index is 245.